The summed E-state index contributed by atoms with van der Waals surface area (Å²) >= 11 is 0. The van der Waals surface area contributed by atoms with Crippen LogP contribution >= 0.6 is 0 Å². The average molecular weight is 348 g/mol. The Labute approximate surface area is 132 Å². The Morgan fingerprint density at radius 3 is 2.38 bits per heavy atom. The smallest absolute Gasteiger partial charge is 0.416 e. The minimum Gasteiger partial charge on any atom is -0.457 e. The number of rotatable bonds is 2. The molecule has 1 atom stereocenters. The number of aryl methyl sites for hydroxylation is 1. The van der Waals surface area contributed by atoms with Gasteiger partial charge in [-0.05, 0) is 36.8 Å². The van der Waals surface area contributed by atoms with E-state index in [9.17, 15) is 31.4 Å². The lowest BCUT2D eigenvalue weighted by Crippen LogP contribution is -2.38. The molecule has 0 amide bonds. The molecule has 0 spiro atoms. The van der Waals surface area contributed by atoms with Crippen molar-refractivity contribution in [2.45, 2.75) is 25.1 Å². The molecule has 0 fully saturated rings. The van der Waals surface area contributed by atoms with Crippen molar-refractivity contribution in [2.24, 2.45) is 0 Å². The van der Waals surface area contributed by atoms with Crippen molar-refractivity contribution >= 4 is 0 Å². The lowest BCUT2D eigenvalue weighted by atomic mass is 9.77. The molecule has 128 valence electrons. The van der Waals surface area contributed by atoms with Gasteiger partial charge in [0.2, 0.25) is 0 Å². The Kier molecular flexibility index (Phi) is 3.56. The van der Waals surface area contributed by atoms with E-state index in [1.165, 1.54) is 12.1 Å². The highest BCUT2D eigenvalue weighted by Gasteiger charge is 2.59. The predicted octanol–water partition coefficient (Wildman–Crippen LogP) is 5.08. The first-order chi connectivity index (χ1) is 11.0. The Bertz CT molecular complexity index is 793. The van der Waals surface area contributed by atoms with E-state index in [2.05, 4.69) is 0 Å². The molecule has 3 rings (SSSR count). The molecule has 1 aliphatic carbocycles. The van der Waals surface area contributed by atoms with E-state index >= 15 is 0 Å². The second kappa shape index (κ2) is 5.14. The van der Waals surface area contributed by atoms with Crippen LogP contribution in [-0.2, 0) is 12.1 Å². The maximum absolute atomic E-state index is 13.8. The van der Waals surface area contributed by atoms with Gasteiger partial charge >= 0.3 is 12.1 Å². The van der Waals surface area contributed by atoms with Crippen LogP contribution in [0.25, 0.3) is 0 Å². The number of alkyl halides is 5. The van der Waals surface area contributed by atoms with Crippen LogP contribution in [0, 0.1) is 12.7 Å². The first-order valence-corrected chi connectivity index (χ1v) is 6.77. The summed E-state index contributed by atoms with van der Waals surface area (Å²) in [5, 5.41) is 9.39. The quantitative estimate of drug-likeness (QED) is 0.767. The summed E-state index contributed by atoms with van der Waals surface area (Å²) in [6, 6.07) is 4.74. The summed E-state index contributed by atoms with van der Waals surface area (Å²) in [5.74, 6) is -5.25. The van der Waals surface area contributed by atoms with Gasteiger partial charge in [0, 0.05) is 11.6 Å². The number of hydrogen-bond donors (Lipinski definition) is 1. The molecule has 0 saturated heterocycles. The number of aliphatic hydroxyl groups is 1. The molecule has 24 heavy (non-hydrogen) atoms. The predicted molar refractivity (Wildman–Crippen MR) is 71.5 cm³/mol. The Hall–Kier alpha value is -2.22. The van der Waals surface area contributed by atoms with Gasteiger partial charge < -0.3 is 9.84 Å². The molecule has 2 aromatic carbocycles. The van der Waals surface area contributed by atoms with Crippen molar-refractivity contribution in [2.75, 3.05) is 0 Å². The second-order valence-corrected chi connectivity index (χ2v) is 5.49. The van der Waals surface area contributed by atoms with E-state index in [0.717, 1.165) is 12.1 Å². The van der Waals surface area contributed by atoms with E-state index < -0.39 is 46.5 Å². The average Bonchev–Trinajstić information content (AvgIpc) is 2.43. The van der Waals surface area contributed by atoms with Crippen LogP contribution in [-0.4, -0.2) is 5.11 Å². The molecular formula is C16H10F6O2. The first-order valence-electron chi connectivity index (χ1n) is 6.77. The lowest BCUT2D eigenvalue weighted by molar-refractivity contribution is -0.165. The summed E-state index contributed by atoms with van der Waals surface area (Å²) in [6.07, 6.45) is -7.46. The zero-order valence-corrected chi connectivity index (χ0v) is 12.1. The van der Waals surface area contributed by atoms with Crippen molar-refractivity contribution in [3.8, 4) is 11.5 Å². The van der Waals surface area contributed by atoms with Crippen LogP contribution in [0.5, 0.6) is 11.5 Å². The summed E-state index contributed by atoms with van der Waals surface area (Å²) in [7, 11) is 0. The van der Waals surface area contributed by atoms with E-state index in [1.54, 1.807) is 6.92 Å². The maximum atomic E-state index is 13.8. The van der Waals surface area contributed by atoms with Crippen LogP contribution in [0.4, 0.5) is 26.3 Å². The first kappa shape index (κ1) is 16.6. The minimum atomic E-state index is -4.89. The van der Waals surface area contributed by atoms with Gasteiger partial charge in [0.05, 0.1) is 11.1 Å². The van der Waals surface area contributed by atoms with Crippen LogP contribution in [0.15, 0.2) is 30.3 Å². The number of fused-ring (bicyclic) bond motifs is 1. The molecule has 2 nitrogen and oxygen atoms in total. The summed E-state index contributed by atoms with van der Waals surface area (Å²) in [5.41, 5.74) is -2.86. The summed E-state index contributed by atoms with van der Waals surface area (Å²) in [6.45, 7) is 1.54. The van der Waals surface area contributed by atoms with E-state index in [1.807, 2.05) is 0 Å². The molecule has 0 aromatic heterocycles. The third kappa shape index (κ3) is 2.50. The third-order valence-electron chi connectivity index (χ3n) is 3.71. The molecular weight excluding hydrogens is 338 g/mol. The monoisotopic (exact) mass is 348 g/mol. The van der Waals surface area contributed by atoms with Gasteiger partial charge in [0.25, 0.3) is 0 Å². The van der Waals surface area contributed by atoms with Crippen molar-refractivity contribution < 1.29 is 36.2 Å². The highest BCUT2D eigenvalue weighted by molar-refractivity contribution is 5.58. The molecule has 0 saturated carbocycles. The van der Waals surface area contributed by atoms with Gasteiger partial charge in [-0.1, -0.05) is 0 Å². The Morgan fingerprint density at radius 2 is 1.79 bits per heavy atom. The Morgan fingerprint density at radius 1 is 1.12 bits per heavy atom. The Balaban J connectivity index is 2.11. The van der Waals surface area contributed by atoms with Crippen molar-refractivity contribution in [3.05, 3.63) is 58.4 Å². The molecule has 0 heterocycles. The van der Waals surface area contributed by atoms with Gasteiger partial charge in [-0.25, -0.2) is 4.39 Å². The lowest BCUT2D eigenvalue weighted by Gasteiger charge is -2.38. The molecule has 0 aliphatic heterocycles. The number of ether oxygens (including phenoxy) is 1. The maximum Gasteiger partial charge on any atom is 0.416 e. The van der Waals surface area contributed by atoms with E-state index in [-0.39, 0.29) is 5.75 Å². The summed E-state index contributed by atoms with van der Waals surface area (Å²) < 4.78 is 84.9. The topological polar surface area (TPSA) is 29.5 Å². The zero-order chi connectivity index (χ0) is 17.9. The zero-order valence-electron chi connectivity index (χ0n) is 12.1. The molecule has 2 aromatic rings. The summed E-state index contributed by atoms with van der Waals surface area (Å²) in [4.78, 5) is 0. The molecule has 1 N–H and O–H groups in total. The van der Waals surface area contributed by atoms with Gasteiger partial charge in [0.15, 0.2) is 0 Å². The molecule has 1 unspecified atom stereocenters. The fourth-order valence-corrected chi connectivity index (χ4v) is 2.69. The largest absolute Gasteiger partial charge is 0.457 e. The fraction of sp³-hybridized carbons (Fsp3) is 0.250. The minimum absolute atomic E-state index is 0.133. The molecule has 0 bridgehead atoms. The second-order valence-electron chi connectivity index (χ2n) is 5.49. The number of halogens is 6. The highest BCUT2D eigenvalue weighted by atomic mass is 19.4. The van der Waals surface area contributed by atoms with Crippen molar-refractivity contribution in [3.63, 3.8) is 0 Å². The van der Waals surface area contributed by atoms with Crippen molar-refractivity contribution in [1.82, 2.24) is 0 Å². The SMILES string of the molecule is Cc1cc(F)cc(Oc2ccc(C(F)(F)F)c3c2C(F)(F)C3O)c1. The van der Waals surface area contributed by atoms with Gasteiger partial charge in [0.1, 0.15) is 23.4 Å². The highest BCUT2D eigenvalue weighted by Crippen LogP contribution is 2.59. The van der Waals surface area contributed by atoms with Crippen LogP contribution in [0.3, 0.4) is 0 Å². The van der Waals surface area contributed by atoms with Crippen molar-refractivity contribution in [1.29, 1.82) is 0 Å². The van der Waals surface area contributed by atoms with E-state index in [4.69, 9.17) is 4.74 Å². The standard InChI is InChI=1S/C16H10F6O2/c1-7-4-8(17)6-9(5-7)24-11-3-2-10(16(20,21)22)12-13(11)15(18,19)14(12)23/h2-6,14,23H,1H3. The molecule has 1 aliphatic rings. The third-order valence-corrected chi connectivity index (χ3v) is 3.71. The van der Waals surface area contributed by atoms with Gasteiger partial charge in [-0.15, -0.1) is 0 Å². The van der Waals surface area contributed by atoms with Crippen LogP contribution in [0.2, 0.25) is 0 Å². The van der Waals surface area contributed by atoms with Gasteiger partial charge in [-0.2, -0.15) is 22.0 Å². The van der Waals surface area contributed by atoms with Gasteiger partial charge in [-0.3, -0.25) is 0 Å². The molecule has 0 radical (unpaired) electrons. The molecule has 8 heteroatoms. The van der Waals surface area contributed by atoms with Crippen LogP contribution in [0.1, 0.15) is 28.4 Å². The van der Waals surface area contributed by atoms with Crippen LogP contribution < -0.4 is 4.74 Å². The number of aliphatic hydroxyl groups excluding tert-OH is 1. The number of hydrogen-bond acceptors (Lipinski definition) is 2. The van der Waals surface area contributed by atoms with E-state index in [0.29, 0.717) is 11.6 Å². The fourth-order valence-electron chi connectivity index (χ4n) is 2.69. The normalized spacial score (nSPS) is 18.8. The number of benzene rings is 2.